The van der Waals surface area contributed by atoms with Crippen molar-refractivity contribution in [2.24, 2.45) is 11.8 Å². The Hall–Kier alpha value is -3.51. The van der Waals surface area contributed by atoms with Crippen LogP contribution in [-0.4, -0.2) is 23.0 Å². The molecule has 0 spiro atoms. The van der Waals surface area contributed by atoms with E-state index in [1.165, 1.54) is 48.1 Å². The molecule has 7 rings (SSSR count). The van der Waals surface area contributed by atoms with Crippen LogP contribution in [0.15, 0.2) is 83.5 Å². The molecular formula is C40H42FIrN3OSi-2. The smallest absolute Gasteiger partial charge is 0.218 e. The van der Waals surface area contributed by atoms with E-state index in [9.17, 15) is 4.39 Å². The van der Waals surface area contributed by atoms with Gasteiger partial charge in [-0.2, -0.15) is 9.37 Å². The van der Waals surface area contributed by atoms with Gasteiger partial charge in [0.15, 0.2) is 0 Å². The molecule has 4 aromatic heterocycles. The molecule has 0 bridgehead atoms. The molecule has 0 saturated heterocycles. The maximum Gasteiger partial charge on any atom is 0.218 e. The van der Waals surface area contributed by atoms with Crippen LogP contribution in [-0.2, 0) is 32.9 Å². The molecule has 4 heterocycles. The van der Waals surface area contributed by atoms with Gasteiger partial charge in [0.25, 0.3) is 0 Å². The quantitative estimate of drug-likeness (QED) is 0.0915. The normalized spacial score (nSPS) is 13.5. The molecule has 1 aliphatic rings. The largest absolute Gasteiger partial charge is 0.486 e. The zero-order valence-electron chi connectivity index (χ0n) is 27.9. The molecule has 1 saturated carbocycles. The first kappa shape index (κ1) is 34.8. The van der Waals surface area contributed by atoms with Gasteiger partial charge in [-0.3, -0.25) is 0 Å². The molecule has 0 N–H and O–H groups in total. The fraction of sp³-hybridized carbons (Fsp3) is 0.325. The first-order valence-corrected chi connectivity index (χ1v) is 20.0. The second-order valence-corrected chi connectivity index (χ2v) is 19.0. The fourth-order valence-electron chi connectivity index (χ4n) is 6.50. The Kier molecular flexibility index (Phi) is 11.2. The molecule has 4 nitrogen and oxygen atoms in total. The Morgan fingerprint density at radius 2 is 1.70 bits per heavy atom. The van der Waals surface area contributed by atoms with Gasteiger partial charge in [0.05, 0.1) is 13.7 Å². The van der Waals surface area contributed by atoms with Gasteiger partial charge in [0, 0.05) is 37.9 Å². The average molecular weight is 820 g/mol. The molecule has 0 unspecified atom stereocenters. The third-order valence-corrected chi connectivity index (χ3v) is 10.8. The van der Waals surface area contributed by atoms with Crippen LogP contribution in [0.5, 0.6) is 0 Å². The Morgan fingerprint density at radius 3 is 2.43 bits per heavy atom. The molecule has 1 fully saturated rings. The van der Waals surface area contributed by atoms with Crippen molar-refractivity contribution in [2.75, 3.05) is 0 Å². The van der Waals surface area contributed by atoms with Crippen molar-refractivity contribution in [3.63, 3.8) is 0 Å². The van der Waals surface area contributed by atoms with Crippen LogP contribution in [0.1, 0.15) is 50.7 Å². The molecule has 0 amide bonds. The van der Waals surface area contributed by atoms with Gasteiger partial charge >= 0.3 is 0 Å². The van der Waals surface area contributed by atoms with Crippen LogP contribution in [0, 0.1) is 29.9 Å². The molecule has 6 aromatic rings. The summed E-state index contributed by atoms with van der Waals surface area (Å²) in [4.78, 5) is 13.0. The summed E-state index contributed by atoms with van der Waals surface area (Å²) in [7, 11) is -1.34. The van der Waals surface area contributed by atoms with E-state index in [0.717, 1.165) is 52.0 Å². The van der Waals surface area contributed by atoms with E-state index in [4.69, 9.17) is 4.42 Å². The number of nitrogens with zero attached hydrogens (tertiary/aromatic N) is 3. The van der Waals surface area contributed by atoms with Crippen molar-refractivity contribution in [3.05, 3.63) is 108 Å². The minimum absolute atomic E-state index is 0. The predicted octanol–water partition coefficient (Wildman–Crippen LogP) is 10.0. The number of furan rings is 1. The third-order valence-electron chi connectivity index (χ3n) is 8.75. The number of fused-ring (bicyclic) bond motifs is 3. The van der Waals surface area contributed by atoms with E-state index in [0.29, 0.717) is 17.2 Å². The monoisotopic (exact) mass is 820 g/mol. The number of halogens is 1. The number of pyridine rings is 3. The molecule has 1 aliphatic carbocycles. The molecule has 0 atom stereocenters. The Morgan fingerprint density at radius 1 is 0.915 bits per heavy atom. The van der Waals surface area contributed by atoms with Gasteiger partial charge in [-0.1, -0.05) is 87.8 Å². The predicted molar refractivity (Wildman–Crippen MR) is 189 cm³/mol. The minimum Gasteiger partial charge on any atom is -0.486 e. The first-order valence-electron chi connectivity index (χ1n) is 16.5. The number of rotatable bonds is 7. The molecule has 0 aliphatic heterocycles. The molecule has 245 valence electrons. The van der Waals surface area contributed by atoms with Crippen molar-refractivity contribution < 1.29 is 28.9 Å². The molecule has 2 aromatic carbocycles. The van der Waals surface area contributed by atoms with E-state index in [1.807, 2.05) is 30.5 Å². The van der Waals surface area contributed by atoms with Crippen molar-refractivity contribution >= 4 is 35.3 Å². The zero-order valence-corrected chi connectivity index (χ0v) is 31.3. The van der Waals surface area contributed by atoms with Crippen molar-refractivity contribution in [2.45, 2.75) is 72.0 Å². The van der Waals surface area contributed by atoms with Crippen molar-refractivity contribution in [1.29, 1.82) is 0 Å². The summed E-state index contributed by atoms with van der Waals surface area (Å²) in [6, 6.07) is 28.0. The zero-order chi connectivity index (χ0) is 32.3. The molecular weight excluding hydrogens is 778 g/mol. The Bertz CT molecular complexity index is 1950. The second kappa shape index (κ2) is 15.1. The SMILES string of the molecule is CC(C)Cc1cc(-c2[c-]cccc2)ncc1[Si](C)(C)C.Fc1ccc2c(n1)oc1c[c-]c(-c3cc(CC4CCCC4)ccn3)cc12.[Ir]. The standard InChI is InChI=1S/C22H18FN2O.C18H24NSi.Ir/c23-21-8-6-17-18-13-16(5-7-20(18)26-22(17)25-21)19-12-15(9-10-24-19)11-14-3-1-2-4-14;1-14(2)11-16-12-17(15-9-7-6-8-10-15)19-13-18(16)20(3,4)5;/h6-10,12-14H,1-4,11H2;6-9,12-14H,11H2,1-5H3;/q2*-1;. The molecule has 7 heteroatoms. The maximum absolute atomic E-state index is 13.3. The van der Waals surface area contributed by atoms with Gasteiger partial charge in [-0.15, -0.1) is 59.7 Å². The number of hydrogen-bond acceptors (Lipinski definition) is 4. The Balaban J connectivity index is 0.000000188. The van der Waals surface area contributed by atoms with E-state index >= 15 is 0 Å². The minimum atomic E-state index is -1.34. The van der Waals surface area contributed by atoms with Crippen LogP contribution >= 0.6 is 0 Å². The molecule has 1 radical (unpaired) electrons. The van der Waals surface area contributed by atoms with E-state index < -0.39 is 14.0 Å². The summed E-state index contributed by atoms with van der Waals surface area (Å²) in [6.07, 6.45) is 11.6. The van der Waals surface area contributed by atoms with E-state index in [2.05, 4.69) is 91.0 Å². The van der Waals surface area contributed by atoms with Crippen LogP contribution in [0.25, 0.3) is 44.6 Å². The van der Waals surface area contributed by atoms with Gasteiger partial charge in [-0.25, -0.2) is 0 Å². The maximum atomic E-state index is 13.3. The summed E-state index contributed by atoms with van der Waals surface area (Å²) >= 11 is 0. The van der Waals surface area contributed by atoms with Gasteiger partial charge in [0.2, 0.25) is 11.7 Å². The van der Waals surface area contributed by atoms with E-state index in [1.54, 1.807) is 12.1 Å². The third kappa shape index (κ3) is 8.51. The summed E-state index contributed by atoms with van der Waals surface area (Å²) < 4.78 is 19.0. The van der Waals surface area contributed by atoms with Gasteiger partial charge in [-0.05, 0) is 59.5 Å². The fourth-order valence-corrected chi connectivity index (χ4v) is 8.09. The average Bonchev–Trinajstić information content (AvgIpc) is 3.68. The second-order valence-electron chi connectivity index (χ2n) is 14.0. The number of benzene rings is 2. The number of aromatic nitrogens is 3. The van der Waals surface area contributed by atoms with Gasteiger partial charge in [0.1, 0.15) is 0 Å². The van der Waals surface area contributed by atoms with Gasteiger partial charge < -0.3 is 14.4 Å². The van der Waals surface area contributed by atoms with Crippen molar-refractivity contribution in [3.8, 4) is 22.5 Å². The molecule has 47 heavy (non-hydrogen) atoms. The van der Waals surface area contributed by atoms with Crippen LogP contribution in [0.4, 0.5) is 4.39 Å². The van der Waals surface area contributed by atoms with Crippen LogP contribution < -0.4 is 5.19 Å². The van der Waals surface area contributed by atoms with Crippen LogP contribution in [0.3, 0.4) is 0 Å². The summed E-state index contributed by atoms with van der Waals surface area (Å²) in [6.45, 7) is 11.7. The first-order chi connectivity index (χ1) is 22.1. The van der Waals surface area contributed by atoms with Crippen LogP contribution in [0.2, 0.25) is 19.6 Å². The summed E-state index contributed by atoms with van der Waals surface area (Å²) in [5.41, 5.74) is 7.72. The van der Waals surface area contributed by atoms with E-state index in [-0.39, 0.29) is 20.1 Å². The topological polar surface area (TPSA) is 51.8 Å². The van der Waals surface area contributed by atoms with Crippen molar-refractivity contribution in [1.82, 2.24) is 15.0 Å². The summed E-state index contributed by atoms with van der Waals surface area (Å²) in [5, 5.41) is 3.20. The summed E-state index contributed by atoms with van der Waals surface area (Å²) in [5.74, 6) is 0.928. The Labute approximate surface area is 292 Å². The number of hydrogen-bond donors (Lipinski definition) is 0.